The number of imidazole rings is 1. The van der Waals surface area contributed by atoms with E-state index in [1.807, 2.05) is 43.7 Å². The molecule has 0 aliphatic rings. The van der Waals surface area contributed by atoms with Crippen LogP contribution in [0.15, 0.2) is 18.2 Å². The van der Waals surface area contributed by atoms with Gasteiger partial charge in [0.05, 0.1) is 17.6 Å². The number of hydrogen-bond donors (Lipinski definition) is 2. The molecule has 11 heteroatoms. The largest absolute Gasteiger partial charge is 0.464 e. The summed E-state index contributed by atoms with van der Waals surface area (Å²) in [4.78, 5) is 44.3. The number of fused-ring (bicyclic) bond motifs is 1. The van der Waals surface area contributed by atoms with Crippen LogP contribution in [0.1, 0.15) is 39.9 Å². The molecule has 2 rings (SSSR count). The number of carbonyl (C=O) groups excluding carboxylic acids is 3. The fourth-order valence-electron chi connectivity index (χ4n) is 4.03. The van der Waals surface area contributed by atoms with Crippen LogP contribution in [0, 0.1) is 5.92 Å². The highest BCUT2D eigenvalue weighted by molar-refractivity contribution is 6.18. The number of ether oxygens (including phenoxy) is 1. The molecule has 0 radical (unpaired) electrons. The minimum Gasteiger partial charge on any atom is -0.464 e. The Labute approximate surface area is 222 Å². The van der Waals surface area contributed by atoms with Crippen molar-refractivity contribution in [1.29, 1.82) is 0 Å². The zero-order valence-corrected chi connectivity index (χ0v) is 23.2. The Morgan fingerprint density at radius 1 is 1.11 bits per heavy atom. The summed E-state index contributed by atoms with van der Waals surface area (Å²) in [6, 6.07) is 4.20. The number of esters is 1. The van der Waals surface area contributed by atoms with Gasteiger partial charge in [0.1, 0.15) is 17.9 Å². The topological polar surface area (TPSA) is 106 Å². The molecule has 0 fully saturated rings. The Balaban J connectivity index is 2.31. The van der Waals surface area contributed by atoms with Crippen LogP contribution in [-0.2, 0) is 32.6 Å². The van der Waals surface area contributed by atoms with Crippen LogP contribution in [0.25, 0.3) is 11.0 Å². The minimum absolute atomic E-state index is 0.149. The molecule has 1 aromatic heterocycles. The van der Waals surface area contributed by atoms with Crippen molar-refractivity contribution in [1.82, 2.24) is 20.2 Å². The molecular formula is C25H37Cl2N5O4. The Kier molecular flexibility index (Phi) is 11.8. The van der Waals surface area contributed by atoms with Crippen LogP contribution < -0.4 is 15.5 Å². The van der Waals surface area contributed by atoms with Crippen LogP contribution >= 0.6 is 23.2 Å². The molecule has 36 heavy (non-hydrogen) atoms. The van der Waals surface area contributed by atoms with Gasteiger partial charge in [-0.2, -0.15) is 0 Å². The van der Waals surface area contributed by atoms with Gasteiger partial charge >= 0.3 is 5.97 Å². The molecule has 2 aromatic rings. The molecule has 2 N–H and O–H groups in total. The predicted molar refractivity (Wildman–Crippen MR) is 144 cm³/mol. The lowest BCUT2D eigenvalue weighted by molar-refractivity contribution is -0.148. The molecular weight excluding hydrogens is 505 g/mol. The molecule has 0 aliphatic carbocycles. The normalized spacial score (nSPS) is 12.9. The third-order valence-corrected chi connectivity index (χ3v) is 6.04. The number of halogens is 2. The van der Waals surface area contributed by atoms with Gasteiger partial charge in [0.2, 0.25) is 11.8 Å². The highest BCUT2D eigenvalue weighted by Gasteiger charge is 2.29. The first-order valence-electron chi connectivity index (χ1n) is 12.2. The number of rotatable bonds is 14. The van der Waals surface area contributed by atoms with Crippen LogP contribution in [0.2, 0.25) is 0 Å². The smallest absolute Gasteiger partial charge is 0.328 e. The predicted octanol–water partition coefficient (Wildman–Crippen LogP) is 3.00. The van der Waals surface area contributed by atoms with Crippen molar-refractivity contribution in [3.8, 4) is 0 Å². The second-order valence-electron chi connectivity index (χ2n) is 9.03. The van der Waals surface area contributed by atoms with E-state index in [4.69, 9.17) is 32.9 Å². The third kappa shape index (κ3) is 8.27. The van der Waals surface area contributed by atoms with Gasteiger partial charge in [0.15, 0.2) is 0 Å². The van der Waals surface area contributed by atoms with Crippen LogP contribution in [0.3, 0.4) is 0 Å². The summed E-state index contributed by atoms with van der Waals surface area (Å²) in [5, 5.41) is 5.47. The van der Waals surface area contributed by atoms with E-state index < -0.39 is 24.0 Å². The maximum absolute atomic E-state index is 13.2. The van der Waals surface area contributed by atoms with Crippen LogP contribution in [0.5, 0.6) is 0 Å². The minimum atomic E-state index is -0.912. The number of nitrogens with zero attached hydrogens (tertiary/aromatic N) is 3. The first-order chi connectivity index (χ1) is 17.1. The number of aryl methyl sites for hydroxylation is 1. The number of alkyl halides is 2. The SMILES string of the molecule is CCOC(=O)[C@H](CC(C)C)NC(=O)[C@H](Cc1nc2cc(N(CCCl)CCCl)ccc2n1C)NC(C)=O. The molecule has 200 valence electrons. The number of amides is 2. The number of aromatic nitrogens is 2. The molecule has 1 heterocycles. The highest BCUT2D eigenvalue weighted by Crippen LogP contribution is 2.23. The van der Waals surface area contributed by atoms with Crippen molar-refractivity contribution in [3.63, 3.8) is 0 Å². The second kappa shape index (κ2) is 14.3. The second-order valence-corrected chi connectivity index (χ2v) is 9.78. The van der Waals surface area contributed by atoms with Crippen molar-refractivity contribution in [2.24, 2.45) is 13.0 Å². The molecule has 0 spiro atoms. The zero-order valence-electron chi connectivity index (χ0n) is 21.6. The van der Waals surface area contributed by atoms with E-state index in [1.165, 1.54) is 6.92 Å². The maximum atomic E-state index is 13.2. The van der Waals surface area contributed by atoms with E-state index >= 15 is 0 Å². The number of carbonyl (C=O) groups is 3. The molecule has 1 aromatic carbocycles. The lowest BCUT2D eigenvalue weighted by Crippen LogP contribution is -2.53. The molecule has 0 unspecified atom stereocenters. The number of benzene rings is 1. The van der Waals surface area contributed by atoms with Gasteiger partial charge in [-0.25, -0.2) is 9.78 Å². The average molecular weight is 543 g/mol. The summed E-state index contributed by atoms with van der Waals surface area (Å²) >= 11 is 11.9. The fraction of sp³-hybridized carbons (Fsp3) is 0.600. The molecule has 2 atom stereocenters. The standard InChI is InChI=1S/C25H37Cl2N5O4/c1-6-36-25(35)21(13-16(2)3)30-24(34)20(28-17(4)33)15-23-29-19-14-18(7-8-22(19)31(23)5)32(11-9-26)12-10-27/h7-8,14,16,20-21H,6,9-13,15H2,1-5H3,(H,28,33)(H,30,34)/t20-,21-/m0/s1. The van der Waals surface area contributed by atoms with Gasteiger partial charge in [-0.3, -0.25) is 9.59 Å². The number of hydrogen-bond acceptors (Lipinski definition) is 6. The monoisotopic (exact) mass is 541 g/mol. The summed E-state index contributed by atoms with van der Waals surface area (Å²) < 4.78 is 7.03. The van der Waals surface area contributed by atoms with Gasteiger partial charge in [0.25, 0.3) is 0 Å². The Morgan fingerprint density at radius 3 is 2.33 bits per heavy atom. The van der Waals surface area contributed by atoms with E-state index in [9.17, 15) is 14.4 Å². The van der Waals surface area contributed by atoms with Crippen LogP contribution in [-0.4, -0.2) is 70.9 Å². The van der Waals surface area contributed by atoms with Crippen molar-refractivity contribution in [2.75, 3.05) is 36.4 Å². The van der Waals surface area contributed by atoms with Gasteiger partial charge in [-0.1, -0.05) is 13.8 Å². The fourth-order valence-corrected chi connectivity index (χ4v) is 4.44. The molecule has 0 saturated carbocycles. The van der Waals surface area contributed by atoms with E-state index in [1.54, 1.807) is 6.92 Å². The first-order valence-corrected chi connectivity index (χ1v) is 13.2. The lowest BCUT2D eigenvalue weighted by Gasteiger charge is -2.23. The Morgan fingerprint density at radius 2 is 1.78 bits per heavy atom. The van der Waals surface area contributed by atoms with Crippen molar-refractivity contribution in [3.05, 3.63) is 24.0 Å². The van der Waals surface area contributed by atoms with Gasteiger partial charge in [-0.15, -0.1) is 23.2 Å². The quantitative estimate of drug-likeness (QED) is 0.281. The molecule has 9 nitrogen and oxygen atoms in total. The van der Waals surface area contributed by atoms with E-state index in [0.29, 0.717) is 37.1 Å². The Bertz CT molecular complexity index is 1040. The first kappa shape index (κ1) is 29.7. The van der Waals surface area contributed by atoms with Gasteiger partial charge < -0.3 is 24.8 Å². The highest BCUT2D eigenvalue weighted by atomic mass is 35.5. The van der Waals surface area contributed by atoms with Gasteiger partial charge in [-0.05, 0) is 37.5 Å². The van der Waals surface area contributed by atoms with Crippen LogP contribution in [0.4, 0.5) is 5.69 Å². The van der Waals surface area contributed by atoms with E-state index in [2.05, 4.69) is 15.5 Å². The van der Waals surface area contributed by atoms with Gasteiger partial charge in [0, 0.05) is 50.9 Å². The third-order valence-electron chi connectivity index (χ3n) is 5.71. The maximum Gasteiger partial charge on any atom is 0.328 e. The summed E-state index contributed by atoms with van der Waals surface area (Å²) in [5.41, 5.74) is 2.59. The number of nitrogens with one attached hydrogen (secondary N) is 2. The molecule has 2 amide bonds. The van der Waals surface area contributed by atoms with E-state index in [-0.39, 0.29) is 24.9 Å². The zero-order chi connectivity index (χ0) is 26.8. The molecule has 0 bridgehead atoms. The van der Waals surface area contributed by atoms with Crippen molar-refractivity contribution < 1.29 is 19.1 Å². The molecule has 0 aliphatic heterocycles. The Hall–Kier alpha value is -2.52. The van der Waals surface area contributed by atoms with Crippen molar-refractivity contribution >= 4 is 57.7 Å². The lowest BCUT2D eigenvalue weighted by atomic mass is 10.0. The summed E-state index contributed by atoms with van der Waals surface area (Å²) in [5.74, 6) is 0.408. The molecule has 0 saturated heterocycles. The van der Waals surface area contributed by atoms with Crippen molar-refractivity contribution in [2.45, 2.75) is 52.6 Å². The van der Waals surface area contributed by atoms with E-state index in [0.717, 1.165) is 16.7 Å². The summed E-state index contributed by atoms with van der Waals surface area (Å²) in [6.07, 6.45) is 0.573. The summed E-state index contributed by atoms with van der Waals surface area (Å²) in [6.45, 7) is 8.50. The number of anilines is 1. The summed E-state index contributed by atoms with van der Waals surface area (Å²) in [7, 11) is 1.86. The average Bonchev–Trinajstić information content (AvgIpc) is 3.12.